The lowest BCUT2D eigenvalue weighted by Gasteiger charge is -2.00. The van der Waals surface area contributed by atoms with E-state index in [0.717, 1.165) is 29.5 Å². The first kappa shape index (κ1) is 12.7. The van der Waals surface area contributed by atoms with E-state index in [4.69, 9.17) is 9.26 Å². The quantitative estimate of drug-likeness (QED) is 0.743. The Morgan fingerprint density at radius 3 is 3.10 bits per heavy atom. The summed E-state index contributed by atoms with van der Waals surface area (Å²) in [6.07, 6.45) is 1.83. The van der Waals surface area contributed by atoms with Gasteiger partial charge in [0.15, 0.2) is 5.82 Å². The van der Waals surface area contributed by atoms with Gasteiger partial charge < -0.3 is 9.26 Å². The molecule has 7 heteroatoms. The van der Waals surface area contributed by atoms with E-state index in [1.54, 1.807) is 3.96 Å². The van der Waals surface area contributed by atoms with Crippen LogP contribution in [0.5, 0.6) is 0 Å². The van der Waals surface area contributed by atoms with Gasteiger partial charge in [0.2, 0.25) is 0 Å². The molecule has 0 unspecified atom stereocenters. The number of fused-ring (bicyclic) bond motifs is 1. The zero-order chi connectivity index (χ0) is 14.2. The van der Waals surface area contributed by atoms with Crippen LogP contribution in [0.1, 0.15) is 30.7 Å². The van der Waals surface area contributed by atoms with Crippen LogP contribution in [0.2, 0.25) is 0 Å². The van der Waals surface area contributed by atoms with E-state index < -0.39 is 0 Å². The molecule has 0 saturated carbocycles. The molecule has 0 aliphatic carbocycles. The maximum Gasteiger partial charge on any atom is 0.268 e. The second-order valence-corrected chi connectivity index (χ2v) is 6.04. The smallest absolute Gasteiger partial charge is 0.268 e. The second kappa shape index (κ2) is 5.09. The summed E-state index contributed by atoms with van der Waals surface area (Å²) < 4.78 is 13.4. The van der Waals surface area contributed by atoms with Crippen molar-refractivity contribution in [3.8, 4) is 0 Å². The van der Waals surface area contributed by atoms with Gasteiger partial charge in [-0.15, -0.1) is 0 Å². The first-order valence-electron chi connectivity index (χ1n) is 6.84. The highest BCUT2D eigenvalue weighted by molar-refractivity contribution is 7.13. The minimum Gasteiger partial charge on any atom is -0.368 e. The molecule has 2 aromatic heterocycles. The third-order valence-electron chi connectivity index (χ3n) is 3.53. The van der Waals surface area contributed by atoms with Crippen LogP contribution in [0.25, 0.3) is 10.1 Å². The number of ether oxygens (including phenoxy) is 1. The minimum atomic E-state index is -0.0922. The van der Waals surface area contributed by atoms with Crippen molar-refractivity contribution in [2.75, 3.05) is 6.61 Å². The van der Waals surface area contributed by atoms with Gasteiger partial charge in [-0.2, -0.15) is 4.98 Å². The Hall–Kier alpha value is -1.99. The number of benzene rings is 1. The van der Waals surface area contributed by atoms with E-state index in [9.17, 15) is 4.79 Å². The third-order valence-corrected chi connectivity index (χ3v) is 4.59. The summed E-state index contributed by atoms with van der Waals surface area (Å²) >= 11 is 1.41. The first-order chi connectivity index (χ1) is 10.3. The van der Waals surface area contributed by atoms with E-state index in [-0.39, 0.29) is 11.7 Å². The van der Waals surface area contributed by atoms with Crippen LogP contribution in [-0.2, 0) is 11.3 Å². The Morgan fingerprint density at radius 2 is 2.29 bits per heavy atom. The number of hydrogen-bond donors (Lipinski definition) is 0. The van der Waals surface area contributed by atoms with Crippen LogP contribution in [0, 0.1) is 0 Å². The Labute approximate surface area is 124 Å². The second-order valence-electron chi connectivity index (χ2n) is 4.98. The summed E-state index contributed by atoms with van der Waals surface area (Å²) in [5.41, 5.74) is -0.0148. The maximum atomic E-state index is 12.3. The van der Waals surface area contributed by atoms with Crippen LogP contribution in [0.15, 0.2) is 33.6 Å². The van der Waals surface area contributed by atoms with Crippen molar-refractivity contribution in [2.45, 2.75) is 25.5 Å². The highest BCUT2D eigenvalue weighted by Crippen LogP contribution is 2.27. The van der Waals surface area contributed by atoms with Gasteiger partial charge in [0.05, 0.1) is 10.1 Å². The van der Waals surface area contributed by atoms with Crippen LogP contribution < -0.4 is 5.56 Å². The molecule has 0 amide bonds. The lowest BCUT2D eigenvalue weighted by molar-refractivity contribution is 0.0835. The molecule has 3 aromatic rings. The van der Waals surface area contributed by atoms with Crippen LogP contribution in [0.4, 0.5) is 0 Å². The fraction of sp³-hybridized carbons (Fsp3) is 0.357. The molecule has 0 spiro atoms. The average molecular weight is 303 g/mol. The standard InChI is InChI=1S/C14H13N3O3S/c18-14-9-4-1-2-6-11(9)21-17(14)8-12-15-13(20-16-12)10-5-3-7-19-10/h1-2,4,6,10H,3,5,7-8H2/t10-/m1/s1. The molecule has 0 radical (unpaired) electrons. The van der Waals surface area contributed by atoms with E-state index >= 15 is 0 Å². The topological polar surface area (TPSA) is 70.2 Å². The van der Waals surface area contributed by atoms with Crippen molar-refractivity contribution in [1.82, 2.24) is 14.1 Å². The predicted octanol–water partition coefficient (Wildman–Crippen LogP) is 2.35. The summed E-state index contributed by atoms with van der Waals surface area (Å²) in [5, 5.41) is 4.68. The Balaban J connectivity index is 1.62. The molecular formula is C14H13N3O3S. The maximum absolute atomic E-state index is 12.3. The van der Waals surface area contributed by atoms with Crippen molar-refractivity contribution in [2.24, 2.45) is 0 Å². The predicted molar refractivity (Wildman–Crippen MR) is 77.4 cm³/mol. The molecule has 1 atom stereocenters. The average Bonchev–Trinajstić information content (AvgIpc) is 3.21. The third kappa shape index (κ3) is 2.28. The van der Waals surface area contributed by atoms with Gasteiger partial charge in [-0.3, -0.25) is 8.75 Å². The van der Waals surface area contributed by atoms with Gasteiger partial charge in [0.1, 0.15) is 12.6 Å². The lowest BCUT2D eigenvalue weighted by Crippen LogP contribution is -2.14. The van der Waals surface area contributed by atoms with Gasteiger partial charge in [-0.25, -0.2) is 0 Å². The van der Waals surface area contributed by atoms with Gasteiger partial charge in [-0.1, -0.05) is 28.8 Å². The van der Waals surface area contributed by atoms with Crippen LogP contribution >= 0.6 is 11.5 Å². The Bertz CT molecular complexity index is 829. The van der Waals surface area contributed by atoms with Crippen molar-refractivity contribution in [3.05, 3.63) is 46.3 Å². The molecule has 1 aromatic carbocycles. The summed E-state index contributed by atoms with van der Waals surface area (Å²) in [4.78, 5) is 16.6. The van der Waals surface area contributed by atoms with Gasteiger partial charge in [0.25, 0.3) is 11.4 Å². The molecule has 0 bridgehead atoms. The van der Waals surface area contributed by atoms with Crippen LogP contribution in [0.3, 0.4) is 0 Å². The number of rotatable bonds is 3. The Morgan fingerprint density at radius 1 is 1.38 bits per heavy atom. The SMILES string of the molecule is O=c1c2ccccc2sn1Cc1noc([C@H]2CCCO2)n1. The zero-order valence-corrected chi connectivity index (χ0v) is 12.0. The fourth-order valence-corrected chi connectivity index (χ4v) is 3.48. The molecule has 108 valence electrons. The molecule has 6 nitrogen and oxygen atoms in total. The summed E-state index contributed by atoms with van der Waals surface area (Å²) in [7, 11) is 0. The number of hydrogen-bond acceptors (Lipinski definition) is 6. The molecular weight excluding hydrogens is 290 g/mol. The molecule has 1 saturated heterocycles. The zero-order valence-electron chi connectivity index (χ0n) is 11.2. The van der Waals surface area contributed by atoms with E-state index in [0.29, 0.717) is 18.3 Å². The lowest BCUT2D eigenvalue weighted by atomic mass is 10.2. The van der Waals surface area contributed by atoms with Crippen LogP contribution in [-0.4, -0.2) is 20.7 Å². The Kier molecular flexibility index (Phi) is 3.08. The highest BCUT2D eigenvalue weighted by Gasteiger charge is 2.24. The van der Waals surface area contributed by atoms with Crippen molar-refractivity contribution < 1.29 is 9.26 Å². The minimum absolute atomic E-state index is 0.0148. The van der Waals surface area contributed by atoms with E-state index in [2.05, 4.69) is 10.1 Å². The van der Waals surface area contributed by atoms with Crippen molar-refractivity contribution >= 4 is 21.6 Å². The molecule has 3 heterocycles. The molecule has 4 rings (SSSR count). The summed E-state index contributed by atoms with van der Waals surface area (Å²) in [5.74, 6) is 1.02. The summed E-state index contributed by atoms with van der Waals surface area (Å²) in [6, 6.07) is 7.56. The molecule has 1 aliphatic heterocycles. The monoisotopic (exact) mass is 303 g/mol. The first-order valence-corrected chi connectivity index (χ1v) is 7.61. The fourth-order valence-electron chi connectivity index (χ4n) is 2.48. The van der Waals surface area contributed by atoms with Crippen molar-refractivity contribution in [3.63, 3.8) is 0 Å². The molecule has 1 aliphatic rings. The van der Waals surface area contributed by atoms with E-state index in [1.807, 2.05) is 24.3 Å². The van der Waals surface area contributed by atoms with E-state index in [1.165, 1.54) is 11.5 Å². The van der Waals surface area contributed by atoms with Crippen molar-refractivity contribution in [1.29, 1.82) is 0 Å². The van der Waals surface area contributed by atoms with Gasteiger partial charge >= 0.3 is 0 Å². The number of nitrogens with zero attached hydrogens (tertiary/aromatic N) is 3. The number of aromatic nitrogens is 3. The normalized spacial score (nSPS) is 18.6. The molecule has 0 N–H and O–H groups in total. The molecule has 21 heavy (non-hydrogen) atoms. The summed E-state index contributed by atoms with van der Waals surface area (Å²) in [6.45, 7) is 1.06. The van der Waals surface area contributed by atoms with Gasteiger partial charge in [0, 0.05) is 6.61 Å². The largest absolute Gasteiger partial charge is 0.368 e. The highest BCUT2D eigenvalue weighted by atomic mass is 32.1. The van der Waals surface area contributed by atoms with Gasteiger partial charge in [-0.05, 0) is 25.0 Å². The molecule has 1 fully saturated rings.